The molecule has 0 aliphatic rings. The molecule has 0 saturated heterocycles. The smallest absolute Gasteiger partial charge is 0.344 e. The fourth-order valence-electron chi connectivity index (χ4n) is 2.05. The maximum absolute atomic E-state index is 11.7. The normalized spacial score (nSPS) is 10.1. The standard InChI is InChI=1S/C19H20BrNO5/c1-24-16-6-2-14(3-7-16)10-11-21-18(22)12-26-19(23)13-25-17-8-4-15(20)5-9-17/h2-9H,10-13H2,1H3,(H,21,22). The number of methoxy groups -OCH3 is 1. The van der Waals surface area contributed by atoms with Crippen molar-refractivity contribution >= 4 is 27.8 Å². The molecule has 0 aliphatic carbocycles. The molecule has 0 saturated carbocycles. The lowest BCUT2D eigenvalue weighted by Gasteiger charge is -2.08. The number of halogens is 1. The molecule has 0 aliphatic heterocycles. The maximum atomic E-state index is 11.7. The van der Waals surface area contributed by atoms with Crippen LogP contribution in [0.3, 0.4) is 0 Å². The van der Waals surface area contributed by atoms with E-state index in [1.807, 2.05) is 24.3 Å². The highest BCUT2D eigenvalue weighted by Gasteiger charge is 2.08. The van der Waals surface area contributed by atoms with Gasteiger partial charge in [0.15, 0.2) is 13.2 Å². The Morgan fingerprint density at radius 1 is 0.962 bits per heavy atom. The van der Waals surface area contributed by atoms with Crippen molar-refractivity contribution in [2.45, 2.75) is 6.42 Å². The van der Waals surface area contributed by atoms with Crippen LogP contribution < -0.4 is 14.8 Å². The third-order valence-electron chi connectivity index (χ3n) is 3.43. The van der Waals surface area contributed by atoms with Gasteiger partial charge in [0.05, 0.1) is 7.11 Å². The van der Waals surface area contributed by atoms with Crippen LogP contribution in [0.15, 0.2) is 53.0 Å². The fourth-order valence-corrected chi connectivity index (χ4v) is 2.31. The average molecular weight is 422 g/mol. The lowest BCUT2D eigenvalue weighted by molar-refractivity contribution is -0.150. The zero-order valence-electron chi connectivity index (χ0n) is 14.4. The van der Waals surface area contributed by atoms with Gasteiger partial charge in [0.2, 0.25) is 0 Å². The molecule has 1 amide bonds. The Morgan fingerprint density at radius 3 is 2.27 bits per heavy atom. The van der Waals surface area contributed by atoms with Crippen molar-refractivity contribution in [3.8, 4) is 11.5 Å². The molecule has 6 nitrogen and oxygen atoms in total. The number of nitrogens with one attached hydrogen (secondary N) is 1. The first-order valence-electron chi connectivity index (χ1n) is 8.00. The van der Waals surface area contributed by atoms with E-state index in [9.17, 15) is 9.59 Å². The van der Waals surface area contributed by atoms with Gasteiger partial charge in [0, 0.05) is 11.0 Å². The van der Waals surface area contributed by atoms with Crippen LogP contribution in [-0.2, 0) is 20.7 Å². The van der Waals surface area contributed by atoms with Crippen molar-refractivity contribution in [1.29, 1.82) is 0 Å². The Morgan fingerprint density at radius 2 is 1.62 bits per heavy atom. The summed E-state index contributed by atoms with van der Waals surface area (Å²) < 4.78 is 16.2. The molecule has 0 fully saturated rings. The summed E-state index contributed by atoms with van der Waals surface area (Å²) in [6.45, 7) is -0.121. The van der Waals surface area contributed by atoms with Crippen molar-refractivity contribution in [2.75, 3.05) is 26.9 Å². The van der Waals surface area contributed by atoms with Gasteiger partial charge in [-0.2, -0.15) is 0 Å². The summed E-state index contributed by atoms with van der Waals surface area (Å²) in [5.41, 5.74) is 1.07. The Hall–Kier alpha value is -2.54. The molecule has 26 heavy (non-hydrogen) atoms. The highest BCUT2D eigenvalue weighted by molar-refractivity contribution is 9.10. The van der Waals surface area contributed by atoms with Crippen molar-refractivity contribution in [3.63, 3.8) is 0 Å². The van der Waals surface area contributed by atoms with Crippen LogP contribution in [-0.4, -0.2) is 38.7 Å². The number of rotatable bonds is 9. The molecule has 0 unspecified atom stereocenters. The quantitative estimate of drug-likeness (QED) is 0.630. The second-order valence-corrected chi connectivity index (χ2v) is 6.27. The van der Waals surface area contributed by atoms with Gasteiger partial charge >= 0.3 is 5.97 Å². The summed E-state index contributed by atoms with van der Waals surface area (Å²) in [7, 11) is 1.61. The SMILES string of the molecule is COc1ccc(CCNC(=O)COC(=O)COc2ccc(Br)cc2)cc1. The molecule has 138 valence electrons. The van der Waals surface area contributed by atoms with E-state index in [0.717, 1.165) is 15.8 Å². The second kappa shape index (κ2) is 10.5. The summed E-state index contributed by atoms with van der Waals surface area (Å²) in [4.78, 5) is 23.3. The van der Waals surface area contributed by atoms with Gasteiger partial charge in [-0.3, -0.25) is 4.79 Å². The third-order valence-corrected chi connectivity index (χ3v) is 3.96. The van der Waals surface area contributed by atoms with E-state index in [1.54, 1.807) is 31.4 Å². The molecule has 0 radical (unpaired) electrons. The van der Waals surface area contributed by atoms with Crippen molar-refractivity contribution in [3.05, 3.63) is 58.6 Å². The van der Waals surface area contributed by atoms with Gasteiger partial charge in [-0.15, -0.1) is 0 Å². The highest BCUT2D eigenvalue weighted by atomic mass is 79.9. The molecule has 0 bridgehead atoms. The summed E-state index contributed by atoms with van der Waals surface area (Å²) in [6, 6.07) is 14.7. The van der Waals surface area contributed by atoms with Crippen LogP contribution in [0.2, 0.25) is 0 Å². The molecule has 2 aromatic carbocycles. The van der Waals surface area contributed by atoms with Gasteiger partial charge in [0.25, 0.3) is 5.91 Å². The Balaban J connectivity index is 1.60. The fraction of sp³-hybridized carbons (Fsp3) is 0.263. The number of amides is 1. The number of carbonyl (C=O) groups excluding carboxylic acids is 2. The van der Waals surface area contributed by atoms with Gasteiger partial charge in [0.1, 0.15) is 11.5 Å². The van der Waals surface area contributed by atoms with Crippen molar-refractivity contribution in [2.24, 2.45) is 0 Å². The first kappa shape index (κ1) is 19.8. The maximum Gasteiger partial charge on any atom is 0.344 e. The van der Waals surface area contributed by atoms with Crippen molar-refractivity contribution < 1.29 is 23.8 Å². The van der Waals surface area contributed by atoms with Gasteiger partial charge in [-0.05, 0) is 48.4 Å². The number of hydrogen-bond donors (Lipinski definition) is 1. The molecule has 1 N–H and O–H groups in total. The number of esters is 1. The summed E-state index contributed by atoms with van der Waals surface area (Å²) in [5, 5.41) is 2.70. The average Bonchev–Trinajstić information content (AvgIpc) is 2.66. The minimum atomic E-state index is -0.599. The predicted octanol–water partition coefficient (Wildman–Crippen LogP) is 2.74. The third kappa shape index (κ3) is 7.14. The molecule has 0 spiro atoms. The molecule has 0 heterocycles. The summed E-state index contributed by atoms with van der Waals surface area (Å²) in [5.74, 6) is 0.387. The first-order chi connectivity index (χ1) is 12.6. The number of benzene rings is 2. The lowest BCUT2D eigenvalue weighted by Crippen LogP contribution is -2.31. The highest BCUT2D eigenvalue weighted by Crippen LogP contribution is 2.16. The van der Waals surface area contributed by atoms with Crippen molar-refractivity contribution in [1.82, 2.24) is 5.32 Å². The van der Waals surface area contributed by atoms with Crippen LogP contribution in [0.5, 0.6) is 11.5 Å². The van der Waals surface area contributed by atoms with E-state index in [0.29, 0.717) is 18.7 Å². The van der Waals surface area contributed by atoms with Crippen LogP contribution in [0.4, 0.5) is 0 Å². The monoisotopic (exact) mass is 421 g/mol. The van der Waals surface area contributed by atoms with E-state index < -0.39 is 5.97 Å². The predicted molar refractivity (Wildman–Crippen MR) is 100 cm³/mol. The van der Waals surface area contributed by atoms with Crippen LogP contribution >= 0.6 is 15.9 Å². The van der Waals surface area contributed by atoms with E-state index in [4.69, 9.17) is 14.2 Å². The number of hydrogen-bond acceptors (Lipinski definition) is 5. The van der Waals surface area contributed by atoms with Gasteiger partial charge in [-0.1, -0.05) is 28.1 Å². The summed E-state index contributed by atoms with van der Waals surface area (Å²) >= 11 is 3.31. The van der Waals surface area contributed by atoms with E-state index in [2.05, 4.69) is 21.2 Å². The zero-order chi connectivity index (χ0) is 18.8. The number of ether oxygens (including phenoxy) is 3. The molecule has 0 atom stereocenters. The minimum Gasteiger partial charge on any atom is -0.497 e. The summed E-state index contributed by atoms with van der Waals surface area (Å²) in [6.07, 6.45) is 0.677. The molecular weight excluding hydrogens is 402 g/mol. The lowest BCUT2D eigenvalue weighted by atomic mass is 10.1. The van der Waals surface area contributed by atoms with E-state index in [1.165, 1.54) is 0 Å². The molecule has 7 heteroatoms. The molecule has 2 aromatic rings. The van der Waals surface area contributed by atoms with Gasteiger partial charge in [-0.25, -0.2) is 4.79 Å². The molecule has 2 rings (SSSR count). The Bertz CT molecular complexity index is 716. The van der Waals surface area contributed by atoms with Crippen LogP contribution in [0.25, 0.3) is 0 Å². The first-order valence-corrected chi connectivity index (χ1v) is 8.80. The zero-order valence-corrected chi connectivity index (χ0v) is 16.0. The number of carbonyl (C=O) groups is 2. The topological polar surface area (TPSA) is 73.9 Å². The van der Waals surface area contributed by atoms with Crippen LogP contribution in [0.1, 0.15) is 5.56 Å². The van der Waals surface area contributed by atoms with Gasteiger partial charge < -0.3 is 19.5 Å². The largest absolute Gasteiger partial charge is 0.497 e. The molecule has 0 aromatic heterocycles. The Kier molecular flexibility index (Phi) is 7.95. The van der Waals surface area contributed by atoms with Crippen LogP contribution in [0, 0.1) is 0 Å². The minimum absolute atomic E-state index is 0.249. The Labute approximate surface area is 160 Å². The van der Waals surface area contributed by atoms with E-state index in [-0.39, 0.29) is 19.1 Å². The molecular formula is C19H20BrNO5. The van der Waals surface area contributed by atoms with E-state index >= 15 is 0 Å². The second-order valence-electron chi connectivity index (χ2n) is 5.35.